The molecule has 1 aliphatic carbocycles. The lowest BCUT2D eigenvalue weighted by molar-refractivity contribution is -0.145. The summed E-state index contributed by atoms with van der Waals surface area (Å²) in [5, 5.41) is 0. The average Bonchev–Trinajstić information content (AvgIpc) is 3.34. The van der Waals surface area contributed by atoms with E-state index >= 15 is 0 Å². The monoisotopic (exact) mass is 355 g/mol. The van der Waals surface area contributed by atoms with Gasteiger partial charge in [0.1, 0.15) is 11.5 Å². The van der Waals surface area contributed by atoms with E-state index < -0.39 is 0 Å². The Bertz CT molecular complexity index is 817. The molecule has 4 rings (SSSR count). The zero-order valence-electron chi connectivity index (χ0n) is 14.7. The highest BCUT2D eigenvalue weighted by atomic mass is 16.5. The molecule has 7 heteroatoms. The SMILES string of the molecule is COC(=O)[C@@H]1CC[C@H](C(=O)N2CCc3oc(-c4cccnc4)nc3C2)C1. The molecule has 1 amide bonds. The normalized spacial score (nSPS) is 22.1. The highest BCUT2D eigenvalue weighted by molar-refractivity contribution is 5.81. The first-order chi connectivity index (χ1) is 12.7. The van der Waals surface area contributed by atoms with Gasteiger partial charge in [-0.05, 0) is 31.4 Å². The summed E-state index contributed by atoms with van der Waals surface area (Å²) in [6.45, 7) is 1.07. The standard InChI is InChI=1S/C19H21N3O4/c1-25-19(24)13-5-4-12(9-13)18(23)22-8-6-16-15(11-22)21-17(26-16)14-3-2-7-20-10-14/h2-3,7,10,12-13H,4-6,8-9,11H2,1H3/t12-,13+/m0/s1. The van der Waals surface area contributed by atoms with Crippen LogP contribution in [0.1, 0.15) is 30.7 Å². The molecule has 0 spiro atoms. The van der Waals surface area contributed by atoms with Crippen LogP contribution < -0.4 is 0 Å². The zero-order valence-corrected chi connectivity index (χ0v) is 14.7. The van der Waals surface area contributed by atoms with E-state index in [9.17, 15) is 9.59 Å². The van der Waals surface area contributed by atoms with Crippen LogP contribution in [0.4, 0.5) is 0 Å². The number of pyridine rings is 1. The topological polar surface area (TPSA) is 85.5 Å². The summed E-state index contributed by atoms with van der Waals surface area (Å²) >= 11 is 0. The number of hydrogen-bond donors (Lipinski definition) is 0. The summed E-state index contributed by atoms with van der Waals surface area (Å²) in [4.78, 5) is 35.0. The molecule has 2 aromatic heterocycles. The van der Waals surface area contributed by atoms with Gasteiger partial charge in [0.2, 0.25) is 11.8 Å². The molecule has 0 aromatic carbocycles. The van der Waals surface area contributed by atoms with Gasteiger partial charge in [0, 0.05) is 31.3 Å². The van der Waals surface area contributed by atoms with Crippen LogP contribution in [-0.2, 0) is 27.3 Å². The maximum Gasteiger partial charge on any atom is 0.308 e. The summed E-state index contributed by atoms with van der Waals surface area (Å²) in [5.41, 5.74) is 1.64. The van der Waals surface area contributed by atoms with Crippen molar-refractivity contribution in [3.05, 3.63) is 36.0 Å². The number of carbonyl (C=O) groups excluding carboxylic acids is 2. The first-order valence-electron chi connectivity index (χ1n) is 8.91. The van der Waals surface area contributed by atoms with Crippen LogP contribution in [0.25, 0.3) is 11.5 Å². The number of hydrogen-bond acceptors (Lipinski definition) is 6. The van der Waals surface area contributed by atoms with Crippen molar-refractivity contribution in [1.29, 1.82) is 0 Å². The minimum absolute atomic E-state index is 0.105. The van der Waals surface area contributed by atoms with Crippen LogP contribution >= 0.6 is 0 Å². The highest BCUT2D eigenvalue weighted by Gasteiger charge is 2.37. The Hall–Kier alpha value is -2.70. The minimum atomic E-state index is -0.209. The van der Waals surface area contributed by atoms with Gasteiger partial charge in [0.05, 0.1) is 25.1 Å². The number of oxazole rings is 1. The lowest BCUT2D eigenvalue weighted by Crippen LogP contribution is -2.39. The molecular formula is C19H21N3O4. The Morgan fingerprint density at radius 1 is 1.31 bits per heavy atom. The molecule has 1 saturated carbocycles. The van der Waals surface area contributed by atoms with Gasteiger partial charge in [0.25, 0.3) is 0 Å². The predicted octanol–water partition coefficient (Wildman–Crippen LogP) is 2.21. The summed E-state index contributed by atoms with van der Waals surface area (Å²) in [7, 11) is 1.40. The van der Waals surface area contributed by atoms with Gasteiger partial charge < -0.3 is 14.1 Å². The minimum Gasteiger partial charge on any atom is -0.469 e. The van der Waals surface area contributed by atoms with Gasteiger partial charge in [0.15, 0.2) is 0 Å². The van der Waals surface area contributed by atoms with Crippen molar-refractivity contribution < 1.29 is 18.7 Å². The number of aromatic nitrogens is 2. The predicted molar refractivity (Wildman–Crippen MR) is 91.7 cm³/mol. The van der Waals surface area contributed by atoms with E-state index in [1.165, 1.54) is 7.11 Å². The Balaban J connectivity index is 1.45. The van der Waals surface area contributed by atoms with Crippen molar-refractivity contribution in [2.45, 2.75) is 32.2 Å². The lowest BCUT2D eigenvalue weighted by atomic mass is 10.0. The van der Waals surface area contributed by atoms with E-state index in [-0.39, 0.29) is 23.7 Å². The number of ether oxygens (including phenoxy) is 1. The number of carbonyl (C=O) groups is 2. The summed E-state index contributed by atoms with van der Waals surface area (Å²) < 4.78 is 10.7. The molecule has 7 nitrogen and oxygen atoms in total. The molecule has 136 valence electrons. The Labute approximate surface area is 151 Å². The Morgan fingerprint density at radius 3 is 2.92 bits per heavy atom. The lowest BCUT2D eigenvalue weighted by Gasteiger charge is -2.28. The molecule has 0 N–H and O–H groups in total. The van der Waals surface area contributed by atoms with Gasteiger partial charge in [-0.1, -0.05) is 0 Å². The second-order valence-corrected chi connectivity index (χ2v) is 6.87. The van der Waals surface area contributed by atoms with Gasteiger partial charge in [-0.15, -0.1) is 0 Å². The average molecular weight is 355 g/mol. The summed E-state index contributed by atoms with van der Waals surface area (Å²) in [6, 6.07) is 3.74. The number of amides is 1. The van der Waals surface area contributed by atoms with Gasteiger partial charge in [-0.3, -0.25) is 14.6 Å². The second kappa shape index (κ2) is 6.90. The fourth-order valence-corrected chi connectivity index (χ4v) is 3.84. The summed E-state index contributed by atoms with van der Waals surface area (Å²) in [6.07, 6.45) is 6.11. The molecule has 2 aromatic rings. The summed E-state index contributed by atoms with van der Waals surface area (Å²) in [5.74, 6) is 1.02. The molecule has 0 radical (unpaired) electrons. The van der Waals surface area contributed by atoms with E-state index in [0.29, 0.717) is 31.8 Å². The molecule has 1 fully saturated rings. The molecule has 3 heterocycles. The van der Waals surface area contributed by atoms with Crippen LogP contribution in [0, 0.1) is 11.8 Å². The second-order valence-electron chi connectivity index (χ2n) is 6.87. The molecule has 0 bridgehead atoms. The molecule has 0 saturated heterocycles. The molecule has 26 heavy (non-hydrogen) atoms. The van der Waals surface area contributed by atoms with Gasteiger partial charge in [-0.2, -0.15) is 0 Å². The van der Waals surface area contributed by atoms with Crippen molar-refractivity contribution >= 4 is 11.9 Å². The maximum atomic E-state index is 12.8. The third-order valence-corrected chi connectivity index (χ3v) is 5.26. The highest BCUT2D eigenvalue weighted by Crippen LogP contribution is 2.34. The first kappa shape index (κ1) is 16.8. The molecule has 0 unspecified atom stereocenters. The number of fused-ring (bicyclic) bond motifs is 1. The quantitative estimate of drug-likeness (QED) is 0.785. The van der Waals surface area contributed by atoms with Crippen molar-refractivity contribution in [2.24, 2.45) is 11.8 Å². The molecule has 2 aliphatic rings. The van der Waals surface area contributed by atoms with E-state index in [2.05, 4.69) is 9.97 Å². The smallest absolute Gasteiger partial charge is 0.308 e. The van der Waals surface area contributed by atoms with Crippen molar-refractivity contribution in [3.63, 3.8) is 0 Å². The number of methoxy groups -OCH3 is 1. The van der Waals surface area contributed by atoms with Crippen molar-refractivity contribution in [1.82, 2.24) is 14.9 Å². The fourth-order valence-electron chi connectivity index (χ4n) is 3.84. The third-order valence-electron chi connectivity index (χ3n) is 5.26. The van der Waals surface area contributed by atoms with E-state index in [1.54, 1.807) is 12.4 Å². The number of esters is 1. The molecule has 1 aliphatic heterocycles. The first-order valence-corrected chi connectivity index (χ1v) is 8.91. The van der Waals surface area contributed by atoms with Gasteiger partial charge in [-0.25, -0.2) is 4.98 Å². The number of rotatable bonds is 3. The van der Waals surface area contributed by atoms with Crippen LogP contribution in [0.15, 0.2) is 28.9 Å². The van der Waals surface area contributed by atoms with Crippen LogP contribution in [0.2, 0.25) is 0 Å². The van der Waals surface area contributed by atoms with Crippen LogP contribution in [0.3, 0.4) is 0 Å². The van der Waals surface area contributed by atoms with Crippen LogP contribution in [-0.4, -0.2) is 40.4 Å². The fraction of sp³-hybridized carbons (Fsp3) is 0.474. The number of nitrogens with zero attached hydrogens (tertiary/aromatic N) is 3. The zero-order chi connectivity index (χ0) is 18.1. The Morgan fingerprint density at radius 2 is 2.15 bits per heavy atom. The maximum absolute atomic E-state index is 12.8. The van der Waals surface area contributed by atoms with E-state index in [4.69, 9.17) is 9.15 Å². The largest absolute Gasteiger partial charge is 0.469 e. The van der Waals surface area contributed by atoms with Crippen LogP contribution in [0.5, 0.6) is 0 Å². The van der Waals surface area contributed by atoms with Crippen molar-refractivity contribution in [2.75, 3.05) is 13.7 Å². The Kier molecular flexibility index (Phi) is 4.44. The van der Waals surface area contributed by atoms with E-state index in [1.807, 2.05) is 17.0 Å². The third kappa shape index (κ3) is 3.09. The van der Waals surface area contributed by atoms with Crippen molar-refractivity contribution in [3.8, 4) is 11.5 Å². The van der Waals surface area contributed by atoms with Gasteiger partial charge >= 0.3 is 5.97 Å². The molecular weight excluding hydrogens is 334 g/mol. The van der Waals surface area contributed by atoms with E-state index in [0.717, 1.165) is 29.9 Å². The molecule has 2 atom stereocenters.